The molecule has 2 unspecified atom stereocenters. The van der Waals surface area contributed by atoms with Crippen molar-refractivity contribution in [2.75, 3.05) is 0 Å². The van der Waals surface area contributed by atoms with Gasteiger partial charge in [-0.15, -0.1) is 11.8 Å². The SMILES string of the molecule is CC1N=CSC1c1ccc(CNC=O)cc1. The van der Waals surface area contributed by atoms with E-state index >= 15 is 0 Å². The lowest BCUT2D eigenvalue weighted by Gasteiger charge is -2.13. The Morgan fingerprint density at radius 1 is 1.44 bits per heavy atom. The van der Waals surface area contributed by atoms with Crippen molar-refractivity contribution in [2.45, 2.75) is 24.8 Å². The molecule has 1 aliphatic heterocycles. The third-order valence-corrected chi connectivity index (χ3v) is 3.84. The fourth-order valence-electron chi connectivity index (χ4n) is 1.73. The minimum atomic E-state index is 0.351. The van der Waals surface area contributed by atoms with Crippen molar-refractivity contribution in [3.63, 3.8) is 0 Å². The first-order chi connectivity index (χ1) is 7.81. The Kier molecular flexibility index (Phi) is 3.62. The van der Waals surface area contributed by atoms with Crippen molar-refractivity contribution >= 4 is 23.7 Å². The van der Waals surface area contributed by atoms with Crippen molar-refractivity contribution in [3.8, 4) is 0 Å². The van der Waals surface area contributed by atoms with Gasteiger partial charge in [0.15, 0.2) is 0 Å². The van der Waals surface area contributed by atoms with Gasteiger partial charge in [0.1, 0.15) is 0 Å². The van der Waals surface area contributed by atoms with E-state index in [1.54, 1.807) is 11.8 Å². The van der Waals surface area contributed by atoms with Crippen molar-refractivity contribution < 1.29 is 4.79 Å². The van der Waals surface area contributed by atoms with Crippen LogP contribution in [0.3, 0.4) is 0 Å². The Hall–Kier alpha value is -1.29. The molecule has 3 nitrogen and oxygen atoms in total. The van der Waals surface area contributed by atoms with Crippen LogP contribution in [0, 0.1) is 0 Å². The Morgan fingerprint density at radius 2 is 2.19 bits per heavy atom. The normalized spacial score (nSPS) is 23.3. The standard InChI is InChI=1S/C12H14N2OS/c1-9-12(16-8-14-9)11-4-2-10(3-5-11)6-13-7-15/h2-5,7-9,12H,6H2,1H3,(H,13,15). The average molecular weight is 234 g/mol. The molecular formula is C12H14N2OS. The Labute approximate surface area is 99.3 Å². The molecule has 0 spiro atoms. The number of aliphatic imine (C=N–C) groups is 1. The molecule has 4 heteroatoms. The number of amides is 1. The molecule has 1 heterocycles. The number of nitrogens with one attached hydrogen (secondary N) is 1. The second-order valence-electron chi connectivity index (χ2n) is 3.79. The van der Waals surface area contributed by atoms with Gasteiger partial charge in [0.05, 0.1) is 16.8 Å². The lowest BCUT2D eigenvalue weighted by atomic mass is 10.0. The van der Waals surface area contributed by atoms with Crippen LogP contribution >= 0.6 is 11.8 Å². The molecule has 0 saturated carbocycles. The lowest BCUT2D eigenvalue weighted by molar-refractivity contribution is -0.109. The van der Waals surface area contributed by atoms with Crippen LogP contribution in [0.4, 0.5) is 0 Å². The number of benzene rings is 1. The maximum Gasteiger partial charge on any atom is 0.207 e. The number of hydrogen-bond donors (Lipinski definition) is 1. The predicted molar refractivity (Wildman–Crippen MR) is 67.6 cm³/mol. The van der Waals surface area contributed by atoms with E-state index in [0.29, 0.717) is 17.8 Å². The Morgan fingerprint density at radius 3 is 2.75 bits per heavy atom. The maximum atomic E-state index is 10.2. The van der Waals surface area contributed by atoms with Gasteiger partial charge in [-0.25, -0.2) is 0 Å². The largest absolute Gasteiger partial charge is 0.355 e. The molecule has 0 fully saturated rings. The molecular weight excluding hydrogens is 220 g/mol. The highest BCUT2D eigenvalue weighted by atomic mass is 32.2. The maximum absolute atomic E-state index is 10.2. The van der Waals surface area contributed by atoms with Crippen LogP contribution in [0.5, 0.6) is 0 Å². The van der Waals surface area contributed by atoms with Crippen LogP contribution in [0.1, 0.15) is 23.3 Å². The first-order valence-corrected chi connectivity index (χ1v) is 6.18. The van der Waals surface area contributed by atoms with Gasteiger partial charge in [-0.2, -0.15) is 0 Å². The molecule has 0 aliphatic carbocycles. The average Bonchev–Trinajstić information content (AvgIpc) is 2.74. The van der Waals surface area contributed by atoms with Gasteiger partial charge in [-0.3, -0.25) is 9.79 Å². The van der Waals surface area contributed by atoms with Gasteiger partial charge in [-0.05, 0) is 18.1 Å². The van der Waals surface area contributed by atoms with E-state index in [1.165, 1.54) is 5.56 Å². The summed E-state index contributed by atoms with van der Waals surface area (Å²) >= 11 is 1.76. The third kappa shape index (κ3) is 2.44. The fourth-order valence-corrected chi connectivity index (χ4v) is 2.74. The minimum absolute atomic E-state index is 0.351. The number of carbonyl (C=O) groups is 1. The van der Waals surface area contributed by atoms with Gasteiger partial charge < -0.3 is 5.32 Å². The Balaban J connectivity index is 2.04. The van der Waals surface area contributed by atoms with Crippen molar-refractivity contribution in [3.05, 3.63) is 35.4 Å². The van der Waals surface area contributed by atoms with Crippen LogP contribution in [0.2, 0.25) is 0 Å². The van der Waals surface area contributed by atoms with Gasteiger partial charge in [0.25, 0.3) is 0 Å². The summed E-state index contributed by atoms with van der Waals surface area (Å²) in [5.74, 6) is 0. The highest BCUT2D eigenvalue weighted by molar-refractivity contribution is 8.12. The van der Waals surface area contributed by atoms with E-state index in [1.807, 2.05) is 5.55 Å². The van der Waals surface area contributed by atoms with Crippen molar-refractivity contribution in [1.29, 1.82) is 0 Å². The molecule has 1 aromatic rings. The quantitative estimate of drug-likeness (QED) is 0.811. The second kappa shape index (κ2) is 5.16. The molecule has 1 N–H and O–H groups in total. The number of carbonyl (C=O) groups excluding carboxylic acids is 1. The summed E-state index contributed by atoms with van der Waals surface area (Å²) in [6.07, 6.45) is 0.719. The zero-order chi connectivity index (χ0) is 11.4. The van der Waals surface area contributed by atoms with Gasteiger partial charge in [-0.1, -0.05) is 24.3 Å². The number of rotatable bonds is 4. The van der Waals surface area contributed by atoms with E-state index in [-0.39, 0.29) is 0 Å². The van der Waals surface area contributed by atoms with E-state index in [9.17, 15) is 4.79 Å². The molecule has 0 radical (unpaired) electrons. The topological polar surface area (TPSA) is 41.5 Å². The fraction of sp³-hybridized carbons (Fsp3) is 0.333. The molecule has 84 valence electrons. The van der Waals surface area contributed by atoms with Crippen LogP contribution in [-0.2, 0) is 11.3 Å². The van der Waals surface area contributed by atoms with Gasteiger partial charge in [0.2, 0.25) is 6.41 Å². The number of nitrogens with zero attached hydrogens (tertiary/aromatic N) is 1. The third-order valence-electron chi connectivity index (χ3n) is 2.64. The zero-order valence-corrected chi connectivity index (χ0v) is 9.91. The van der Waals surface area contributed by atoms with Crippen molar-refractivity contribution in [1.82, 2.24) is 5.32 Å². The van der Waals surface area contributed by atoms with E-state index in [0.717, 1.165) is 12.0 Å². The van der Waals surface area contributed by atoms with Crippen molar-refractivity contribution in [2.24, 2.45) is 4.99 Å². The first-order valence-electron chi connectivity index (χ1n) is 5.24. The second-order valence-corrected chi connectivity index (χ2v) is 4.78. The summed E-state index contributed by atoms with van der Waals surface area (Å²) in [5.41, 5.74) is 4.34. The van der Waals surface area contributed by atoms with E-state index in [4.69, 9.17) is 0 Å². The smallest absolute Gasteiger partial charge is 0.207 e. The summed E-state index contributed by atoms with van der Waals surface area (Å²) in [6.45, 7) is 2.72. The predicted octanol–water partition coefficient (Wildman–Crippen LogP) is 2.14. The molecule has 1 amide bonds. The molecule has 1 aliphatic rings. The molecule has 2 atom stereocenters. The van der Waals surface area contributed by atoms with Gasteiger partial charge >= 0.3 is 0 Å². The minimum Gasteiger partial charge on any atom is -0.355 e. The molecule has 0 bridgehead atoms. The van der Waals surface area contributed by atoms with E-state index < -0.39 is 0 Å². The zero-order valence-electron chi connectivity index (χ0n) is 9.09. The van der Waals surface area contributed by atoms with Gasteiger partial charge in [0, 0.05) is 6.54 Å². The molecule has 0 aromatic heterocycles. The van der Waals surface area contributed by atoms with E-state index in [2.05, 4.69) is 41.5 Å². The summed E-state index contributed by atoms with van der Waals surface area (Å²) in [7, 11) is 0. The van der Waals surface area contributed by atoms with Crippen LogP contribution < -0.4 is 5.32 Å². The summed E-state index contributed by atoms with van der Waals surface area (Å²) in [4.78, 5) is 14.5. The summed E-state index contributed by atoms with van der Waals surface area (Å²) in [6, 6.07) is 8.69. The van der Waals surface area contributed by atoms with Crippen LogP contribution in [0.15, 0.2) is 29.3 Å². The molecule has 1 aromatic carbocycles. The molecule has 2 rings (SSSR count). The van der Waals surface area contributed by atoms with Crippen LogP contribution in [0.25, 0.3) is 0 Å². The lowest BCUT2D eigenvalue weighted by Crippen LogP contribution is -2.10. The summed E-state index contributed by atoms with van der Waals surface area (Å²) in [5, 5.41) is 3.09. The summed E-state index contributed by atoms with van der Waals surface area (Å²) < 4.78 is 0. The highest BCUT2D eigenvalue weighted by Crippen LogP contribution is 2.36. The molecule has 0 saturated heterocycles. The Bertz CT molecular complexity index is 389. The first kappa shape index (κ1) is 11.2. The number of thioether (sulfide) groups is 1. The van der Waals surface area contributed by atoms with Crippen LogP contribution in [-0.4, -0.2) is 18.0 Å². The molecule has 16 heavy (non-hydrogen) atoms. The monoisotopic (exact) mass is 234 g/mol. The highest BCUT2D eigenvalue weighted by Gasteiger charge is 2.22. The number of hydrogen-bond acceptors (Lipinski definition) is 3.